The summed E-state index contributed by atoms with van der Waals surface area (Å²) in [4.78, 5) is 23.9. The minimum Gasteiger partial charge on any atom is -0.458 e. The van der Waals surface area contributed by atoms with Gasteiger partial charge in [-0.05, 0) is 39.3 Å². The van der Waals surface area contributed by atoms with Gasteiger partial charge in [0.25, 0.3) is 0 Å². The van der Waals surface area contributed by atoms with Crippen molar-refractivity contribution in [1.29, 1.82) is 0 Å². The van der Waals surface area contributed by atoms with Crippen LogP contribution < -0.4 is 5.32 Å². The molecule has 1 atom stereocenters. The number of hydrogen-bond donors (Lipinski definition) is 1. The number of benzene rings is 1. The molecule has 0 saturated heterocycles. The molecule has 1 aromatic rings. The van der Waals surface area contributed by atoms with Gasteiger partial charge >= 0.3 is 5.97 Å². The maximum Gasteiger partial charge on any atom is 0.333 e. The monoisotopic (exact) mass is 275 g/mol. The largest absolute Gasteiger partial charge is 0.458 e. The quantitative estimate of drug-likeness (QED) is 0.679. The molecule has 0 heterocycles. The Morgan fingerprint density at radius 3 is 2.30 bits per heavy atom. The molecule has 0 aliphatic carbocycles. The molecular weight excluding hydrogens is 254 g/mol. The van der Waals surface area contributed by atoms with Crippen LogP contribution in [0.15, 0.2) is 42.5 Å². The van der Waals surface area contributed by atoms with Gasteiger partial charge in [0.15, 0.2) is 6.04 Å². The second kappa shape index (κ2) is 6.89. The third kappa shape index (κ3) is 5.26. The highest BCUT2D eigenvalue weighted by molar-refractivity contribution is 5.92. The first-order valence-electron chi connectivity index (χ1n) is 6.54. The van der Waals surface area contributed by atoms with E-state index in [0.717, 1.165) is 0 Å². The van der Waals surface area contributed by atoms with Gasteiger partial charge in [0.2, 0.25) is 5.91 Å². The van der Waals surface area contributed by atoms with Crippen LogP contribution in [-0.2, 0) is 14.3 Å². The lowest BCUT2D eigenvalue weighted by Crippen LogP contribution is -2.37. The van der Waals surface area contributed by atoms with Gasteiger partial charge in [-0.25, -0.2) is 4.79 Å². The second-order valence-corrected chi connectivity index (χ2v) is 5.39. The fourth-order valence-electron chi connectivity index (χ4n) is 1.63. The molecule has 20 heavy (non-hydrogen) atoms. The highest BCUT2D eigenvalue weighted by Gasteiger charge is 2.27. The Labute approximate surface area is 119 Å². The summed E-state index contributed by atoms with van der Waals surface area (Å²) in [5.41, 5.74) is 0.0923. The van der Waals surface area contributed by atoms with E-state index in [9.17, 15) is 9.59 Å². The topological polar surface area (TPSA) is 55.4 Å². The van der Waals surface area contributed by atoms with E-state index in [1.54, 1.807) is 45.9 Å². The van der Waals surface area contributed by atoms with Crippen LogP contribution in [0.5, 0.6) is 0 Å². The second-order valence-electron chi connectivity index (χ2n) is 5.39. The first-order chi connectivity index (χ1) is 9.33. The standard InChI is InChI=1S/C16H21NO3/c1-5-9-13(18)17-14(12-10-7-6-8-11-12)15(19)20-16(2,3)4/h5-11,14H,1-4H3,(H,17,18)/b9-5+/t14-/m0/s1. The molecule has 0 saturated carbocycles. The summed E-state index contributed by atoms with van der Waals surface area (Å²) >= 11 is 0. The normalized spacial score (nSPS) is 13.0. The van der Waals surface area contributed by atoms with E-state index in [4.69, 9.17) is 4.74 Å². The minimum atomic E-state index is -0.806. The Kier molecular flexibility index (Phi) is 5.50. The maximum atomic E-state index is 12.2. The van der Waals surface area contributed by atoms with E-state index in [1.807, 2.05) is 18.2 Å². The first-order valence-corrected chi connectivity index (χ1v) is 6.54. The van der Waals surface area contributed by atoms with E-state index >= 15 is 0 Å². The smallest absolute Gasteiger partial charge is 0.333 e. The fourth-order valence-corrected chi connectivity index (χ4v) is 1.63. The van der Waals surface area contributed by atoms with E-state index in [-0.39, 0.29) is 5.91 Å². The van der Waals surface area contributed by atoms with Crippen molar-refractivity contribution in [2.75, 3.05) is 0 Å². The third-order valence-electron chi connectivity index (χ3n) is 2.38. The third-order valence-corrected chi connectivity index (χ3v) is 2.38. The van der Waals surface area contributed by atoms with Gasteiger partial charge in [-0.15, -0.1) is 0 Å². The predicted octanol–water partition coefficient (Wildman–Crippen LogP) is 2.76. The molecule has 1 amide bonds. The molecule has 0 spiro atoms. The molecule has 4 heteroatoms. The van der Waals surface area contributed by atoms with Gasteiger partial charge in [0.1, 0.15) is 5.60 Å². The summed E-state index contributed by atoms with van der Waals surface area (Å²) in [7, 11) is 0. The number of esters is 1. The van der Waals surface area contributed by atoms with Crippen LogP contribution in [0.2, 0.25) is 0 Å². The van der Waals surface area contributed by atoms with Gasteiger partial charge in [-0.3, -0.25) is 4.79 Å². The van der Waals surface area contributed by atoms with E-state index < -0.39 is 17.6 Å². The molecule has 0 aliphatic heterocycles. The summed E-state index contributed by atoms with van der Waals surface area (Å²) < 4.78 is 5.36. The number of ether oxygens (including phenoxy) is 1. The number of nitrogens with one attached hydrogen (secondary N) is 1. The maximum absolute atomic E-state index is 12.2. The predicted molar refractivity (Wildman–Crippen MR) is 78.0 cm³/mol. The van der Waals surface area contributed by atoms with Gasteiger partial charge in [0, 0.05) is 0 Å². The van der Waals surface area contributed by atoms with Crippen molar-refractivity contribution in [2.45, 2.75) is 39.3 Å². The molecule has 108 valence electrons. The Bertz CT molecular complexity index is 486. The summed E-state index contributed by atoms with van der Waals surface area (Å²) in [6.07, 6.45) is 2.99. The number of carbonyl (C=O) groups is 2. The molecule has 0 unspecified atom stereocenters. The SMILES string of the molecule is C/C=C/C(=O)N[C@H](C(=O)OC(C)(C)C)c1ccccc1. The number of hydrogen-bond acceptors (Lipinski definition) is 3. The Balaban J connectivity index is 2.96. The molecular formula is C16H21NO3. The Morgan fingerprint density at radius 2 is 1.80 bits per heavy atom. The zero-order valence-corrected chi connectivity index (χ0v) is 12.3. The van der Waals surface area contributed by atoms with Crippen LogP contribution in [-0.4, -0.2) is 17.5 Å². The number of rotatable bonds is 4. The summed E-state index contributed by atoms with van der Waals surface area (Å²) in [5.74, 6) is -0.797. The van der Waals surface area contributed by atoms with Crippen molar-refractivity contribution in [3.8, 4) is 0 Å². The van der Waals surface area contributed by atoms with Gasteiger partial charge < -0.3 is 10.1 Å². The van der Waals surface area contributed by atoms with Crippen LogP contribution in [0, 0.1) is 0 Å². The lowest BCUT2D eigenvalue weighted by atomic mass is 10.1. The number of allylic oxidation sites excluding steroid dienone is 1. The van der Waals surface area contributed by atoms with Crippen LogP contribution in [0.1, 0.15) is 39.3 Å². The highest BCUT2D eigenvalue weighted by atomic mass is 16.6. The van der Waals surface area contributed by atoms with Gasteiger partial charge in [-0.1, -0.05) is 36.4 Å². The van der Waals surface area contributed by atoms with Gasteiger partial charge in [-0.2, -0.15) is 0 Å². The molecule has 4 nitrogen and oxygen atoms in total. The molecule has 0 aromatic heterocycles. The lowest BCUT2D eigenvalue weighted by molar-refractivity contribution is -0.158. The molecule has 0 fully saturated rings. The average molecular weight is 275 g/mol. The molecule has 0 bridgehead atoms. The zero-order valence-electron chi connectivity index (χ0n) is 12.3. The summed E-state index contributed by atoms with van der Waals surface area (Å²) in [6.45, 7) is 7.12. The molecule has 1 aromatic carbocycles. The minimum absolute atomic E-state index is 0.327. The van der Waals surface area contributed by atoms with Crippen molar-refractivity contribution in [2.24, 2.45) is 0 Å². The van der Waals surface area contributed by atoms with Crippen molar-refractivity contribution in [1.82, 2.24) is 5.32 Å². The number of carbonyl (C=O) groups excluding carboxylic acids is 2. The fraction of sp³-hybridized carbons (Fsp3) is 0.375. The van der Waals surface area contributed by atoms with Crippen molar-refractivity contribution < 1.29 is 14.3 Å². The van der Waals surface area contributed by atoms with Crippen molar-refractivity contribution >= 4 is 11.9 Å². The Morgan fingerprint density at radius 1 is 1.20 bits per heavy atom. The van der Waals surface area contributed by atoms with Crippen LogP contribution in [0.3, 0.4) is 0 Å². The van der Waals surface area contributed by atoms with E-state index in [0.29, 0.717) is 5.56 Å². The highest BCUT2D eigenvalue weighted by Crippen LogP contribution is 2.18. The molecule has 1 N–H and O–H groups in total. The van der Waals surface area contributed by atoms with Crippen molar-refractivity contribution in [3.63, 3.8) is 0 Å². The zero-order chi connectivity index (χ0) is 15.2. The lowest BCUT2D eigenvalue weighted by Gasteiger charge is -2.24. The van der Waals surface area contributed by atoms with Crippen LogP contribution >= 0.6 is 0 Å². The Hall–Kier alpha value is -2.10. The summed E-state index contributed by atoms with van der Waals surface area (Å²) in [5, 5.41) is 2.66. The van der Waals surface area contributed by atoms with Crippen molar-refractivity contribution in [3.05, 3.63) is 48.0 Å². The van der Waals surface area contributed by atoms with E-state index in [1.165, 1.54) is 6.08 Å². The first kappa shape index (κ1) is 16.0. The average Bonchev–Trinajstić information content (AvgIpc) is 2.35. The molecule has 1 rings (SSSR count). The van der Waals surface area contributed by atoms with Crippen LogP contribution in [0.25, 0.3) is 0 Å². The molecule has 0 radical (unpaired) electrons. The summed E-state index contributed by atoms with van der Waals surface area (Å²) in [6, 6.07) is 8.24. The molecule has 0 aliphatic rings. The number of amides is 1. The van der Waals surface area contributed by atoms with Gasteiger partial charge in [0.05, 0.1) is 0 Å². The van der Waals surface area contributed by atoms with Crippen LogP contribution in [0.4, 0.5) is 0 Å². The van der Waals surface area contributed by atoms with E-state index in [2.05, 4.69) is 5.32 Å².